The molecule has 1 aromatic rings. The number of likely N-dealkylation sites (tertiary alicyclic amines) is 2. The molecule has 0 saturated carbocycles. The van der Waals surface area contributed by atoms with Gasteiger partial charge in [0, 0.05) is 32.1 Å². The van der Waals surface area contributed by atoms with Gasteiger partial charge in [0.05, 0.1) is 10.1 Å². The number of amides is 2. The Morgan fingerprint density at radius 1 is 0.964 bits per heavy atom. The van der Waals surface area contributed by atoms with Gasteiger partial charge < -0.3 is 9.80 Å². The number of carbonyl (C=O) groups is 2. The molecular formula is C21H28N2O4S. The molecule has 2 heterocycles. The minimum Gasteiger partial charge on any atom is -0.342 e. The second-order valence-electron chi connectivity index (χ2n) is 7.69. The van der Waals surface area contributed by atoms with E-state index in [1.807, 2.05) is 19.1 Å². The number of sulfone groups is 1. The van der Waals surface area contributed by atoms with Crippen molar-refractivity contribution in [2.45, 2.75) is 42.8 Å². The standard InChI is InChI=1S/C21H28N2O4S/c1-3-20(24)22-12-8-17(9-13-22)21(25)23-14-10-19(11-15-23)28(26,27)18-6-4-16(2)5-7-18/h3-7,17,19H,1,8-15H2,2H3. The van der Waals surface area contributed by atoms with Crippen LogP contribution in [-0.2, 0) is 19.4 Å². The van der Waals surface area contributed by atoms with Gasteiger partial charge in [-0.2, -0.15) is 0 Å². The maximum atomic E-state index is 12.9. The fourth-order valence-electron chi connectivity index (χ4n) is 4.04. The van der Waals surface area contributed by atoms with Crippen molar-refractivity contribution in [3.63, 3.8) is 0 Å². The summed E-state index contributed by atoms with van der Waals surface area (Å²) in [5.74, 6) is -0.0796. The Morgan fingerprint density at radius 3 is 2.04 bits per heavy atom. The lowest BCUT2D eigenvalue weighted by molar-refractivity contribution is -0.140. The minimum absolute atomic E-state index is 0.0841. The third-order valence-electron chi connectivity index (χ3n) is 5.87. The molecule has 2 aliphatic rings. The van der Waals surface area contributed by atoms with Gasteiger partial charge in [0.25, 0.3) is 0 Å². The Kier molecular flexibility index (Phi) is 6.23. The van der Waals surface area contributed by atoms with E-state index < -0.39 is 15.1 Å². The molecule has 2 saturated heterocycles. The number of nitrogens with zero attached hydrogens (tertiary/aromatic N) is 2. The molecule has 6 nitrogen and oxygen atoms in total. The lowest BCUT2D eigenvalue weighted by Gasteiger charge is -2.37. The van der Waals surface area contributed by atoms with Gasteiger partial charge in [-0.05, 0) is 50.8 Å². The van der Waals surface area contributed by atoms with E-state index in [1.165, 1.54) is 6.08 Å². The summed E-state index contributed by atoms with van der Waals surface area (Å²) in [6, 6.07) is 6.96. The zero-order valence-corrected chi connectivity index (χ0v) is 17.2. The number of carbonyl (C=O) groups excluding carboxylic acids is 2. The van der Waals surface area contributed by atoms with E-state index in [-0.39, 0.29) is 17.7 Å². The van der Waals surface area contributed by atoms with Gasteiger partial charge in [0.15, 0.2) is 9.84 Å². The molecule has 28 heavy (non-hydrogen) atoms. The van der Waals surface area contributed by atoms with Gasteiger partial charge in [-0.1, -0.05) is 24.3 Å². The van der Waals surface area contributed by atoms with E-state index in [2.05, 4.69) is 6.58 Å². The fraction of sp³-hybridized carbons (Fsp3) is 0.524. The van der Waals surface area contributed by atoms with Gasteiger partial charge >= 0.3 is 0 Å². The fourth-order valence-corrected chi connectivity index (χ4v) is 5.77. The lowest BCUT2D eigenvalue weighted by atomic mass is 9.94. The topological polar surface area (TPSA) is 74.8 Å². The van der Waals surface area contributed by atoms with Crippen molar-refractivity contribution in [2.24, 2.45) is 5.92 Å². The van der Waals surface area contributed by atoms with Crippen LogP contribution in [0.25, 0.3) is 0 Å². The van der Waals surface area contributed by atoms with E-state index in [1.54, 1.807) is 21.9 Å². The number of hydrogen-bond donors (Lipinski definition) is 0. The summed E-state index contributed by atoms with van der Waals surface area (Å²) in [4.78, 5) is 28.4. The second-order valence-corrected chi connectivity index (χ2v) is 9.91. The van der Waals surface area contributed by atoms with Gasteiger partial charge in [-0.25, -0.2) is 8.42 Å². The van der Waals surface area contributed by atoms with Crippen molar-refractivity contribution in [1.82, 2.24) is 9.80 Å². The van der Waals surface area contributed by atoms with Crippen LogP contribution in [-0.4, -0.2) is 61.5 Å². The number of aryl methyl sites for hydroxylation is 1. The van der Waals surface area contributed by atoms with E-state index in [9.17, 15) is 18.0 Å². The molecule has 0 aliphatic carbocycles. The van der Waals surface area contributed by atoms with Crippen LogP contribution in [0.3, 0.4) is 0 Å². The third kappa shape index (κ3) is 4.29. The smallest absolute Gasteiger partial charge is 0.245 e. The predicted molar refractivity (Wildman–Crippen MR) is 107 cm³/mol. The normalized spacial score (nSPS) is 19.5. The Labute approximate surface area is 167 Å². The molecule has 3 rings (SSSR count). The molecule has 7 heteroatoms. The molecule has 0 aromatic heterocycles. The molecule has 1 aromatic carbocycles. The van der Waals surface area contributed by atoms with Crippen LogP contribution in [0.4, 0.5) is 0 Å². The van der Waals surface area contributed by atoms with Crippen LogP contribution >= 0.6 is 0 Å². The highest BCUT2D eigenvalue weighted by Crippen LogP contribution is 2.27. The van der Waals surface area contributed by atoms with Crippen LogP contribution in [0.5, 0.6) is 0 Å². The van der Waals surface area contributed by atoms with Crippen LogP contribution in [0.1, 0.15) is 31.2 Å². The van der Waals surface area contributed by atoms with Gasteiger partial charge in [-0.15, -0.1) is 0 Å². The summed E-state index contributed by atoms with van der Waals surface area (Å²) in [5.41, 5.74) is 1.03. The van der Waals surface area contributed by atoms with E-state index in [0.717, 1.165) is 5.56 Å². The van der Waals surface area contributed by atoms with E-state index in [0.29, 0.717) is 56.8 Å². The molecule has 0 unspecified atom stereocenters. The van der Waals surface area contributed by atoms with Crippen molar-refractivity contribution >= 4 is 21.7 Å². The van der Waals surface area contributed by atoms with Crippen LogP contribution < -0.4 is 0 Å². The first-order valence-electron chi connectivity index (χ1n) is 9.83. The van der Waals surface area contributed by atoms with Gasteiger partial charge in [0.2, 0.25) is 11.8 Å². The van der Waals surface area contributed by atoms with Crippen LogP contribution in [0, 0.1) is 12.8 Å². The van der Waals surface area contributed by atoms with Gasteiger partial charge in [-0.3, -0.25) is 9.59 Å². The Hall–Kier alpha value is -2.15. The highest BCUT2D eigenvalue weighted by atomic mass is 32.2. The maximum absolute atomic E-state index is 12.9. The molecule has 0 radical (unpaired) electrons. The van der Waals surface area contributed by atoms with Crippen molar-refractivity contribution < 1.29 is 18.0 Å². The summed E-state index contributed by atoms with van der Waals surface area (Å²) in [6.07, 6.45) is 3.55. The maximum Gasteiger partial charge on any atom is 0.245 e. The molecule has 2 aliphatic heterocycles. The summed E-state index contributed by atoms with van der Waals surface area (Å²) >= 11 is 0. The van der Waals surface area contributed by atoms with Crippen molar-refractivity contribution in [3.05, 3.63) is 42.5 Å². The first-order chi connectivity index (χ1) is 13.3. The first kappa shape index (κ1) is 20.6. The number of benzene rings is 1. The minimum atomic E-state index is -3.36. The monoisotopic (exact) mass is 404 g/mol. The zero-order valence-electron chi connectivity index (χ0n) is 16.3. The molecule has 2 fully saturated rings. The Morgan fingerprint density at radius 2 is 1.50 bits per heavy atom. The molecule has 0 atom stereocenters. The zero-order chi connectivity index (χ0) is 20.3. The second kappa shape index (κ2) is 8.47. The third-order valence-corrected chi connectivity index (χ3v) is 8.15. The average molecular weight is 405 g/mol. The largest absolute Gasteiger partial charge is 0.342 e. The quantitative estimate of drug-likeness (QED) is 0.721. The Balaban J connectivity index is 1.55. The highest BCUT2D eigenvalue weighted by Gasteiger charge is 2.35. The van der Waals surface area contributed by atoms with E-state index >= 15 is 0 Å². The summed E-state index contributed by atoms with van der Waals surface area (Å²) in [6.45, 7) is 7.51. The molecule has 0 spiro atoms. The molecule has 0 N–H and O–H groups in total. The number of piperidine rings is 2. The molecule has 2 amide bonds. The summed E-state index contributed by atoms with van der Waals surface area (Å²) < 4.78 is 25.7. The summed E-state index contributed by atoms with van der Waals surface area (Å²) in [5, 5.41) is -0.439. The predicted octanol–water partition coefficient (Wildman–Crippen LogP) is 2.18. The summed E-state index contributed by atoms with van der Waals surface area (Å²) in [7, 11) is -3.36. The number of hydrogen-bond acceptors (Lipinski definition) is 4. The number of rotatable bonds is 4. The SMILES string of the molecule is C=CC(=O)N1CCC(C(=O)N2CCC(S(=O)(=O)c3ccc(C)cc3)CC2)CC1. The van der Waals surface area contributed by atoms with Crippen molar-refractivity contribution in [1.29, 1.82) is 0 Å². The van der Waals surface area contributed by atoms with Crippen LogP contribution in [0.15, 0.2) is 41.8 Å². The van der Waals surface area contributed by atoms with E-state index in [4.69, 9.17) is 0 Å². The van der Waals surface area contributed by atoms with Crippen molar-refractivity contribution in [2.75, 3.05) is 26.2 Å². The first-order valence-corrected chi connectivity index (χ1v) is 11.4. The molecule has 152 valence electrons. The lowest BCUT2D eigenvalue weighted by Crippen LogP contribution is -2.47. The molecule has 0 bridgehead atoms. The van der Waals surface area contributed by atoms with Gasteiger partial charge in [0.1, 0.15) is 0 Å². The van der Waals surface area contributed by atoms with Crippen molar-refractivity contribution in [3.8, 4) is 0 Å². The highest BCUT2D eigenvalue weighted by molar-refractivity contribution is 7.92. The average Bonchev–Trinajstić information content (AvgIpc) is 2.73. The molecular weight excluding hydrogens is 376 g/mol. The van der Waals surface area contributed by atoms with Crippen LogP contribution in [0.2, 0.25) is 0 Å². The Bertz CT molecular complexity index is 832.